The summed E-state index contributed by atoms with van der Waals surface area (Å²) >= 11 is 3.32. The fourth-order valence-corrected chi connectivity index (χ4v) is 8.97. The molecule has 0 aliphatic carbocycles. The number of alkyl halides is 9. The molecule has 394 valence electrons. The zero-order chi connectivity index (χ0) is 55.0. The van der Waals surface area contributed by atoms with Crippen LogP contribution in [-0.4, -0.2) is 59.5 Å². The number of H-pyrrole nitrogens is 2. The van der Waals surface area contributed by atoms with E-state index in [1.165, 1.54) is 60.7 Å². The molecule has 0 bridgehead atoms. The SMILES string of the molecule is CC(C)(C)[N-]S(=O)(=O)c1ccccc1B(O)O.FCc1nc2ccc(Br)cc2[nH]1.FOc1ccc(C(F)(F)F)cc1.NS(=O)(=O)c1ccccc1-c1ccc2nc(C(F)(F)Oc3ccc(C(F)(F)F)cc3)[nH]c2c1. The number of aromatic amines is 2. The molecule has 0 unspecified atom stereocenters. The Morgan fingerprint density at radius 2 is 1.19 bits per heavy atom. The molecule has 0 fully saturated rings. The monoisotopic (exact) mass is 1150 g/mol. The smallest absolute Gasteiger partial charge is 0.489 e. The highest BCUT2D eigenvalue weighted by molar-refractivity contribution is 9.10. The highest BCUT2D eigenvalue weighted by Gasteiger charge is 2.39. The molecule has 0 aliphatic rings. The van der Waals surface area contributed by atoms with E-state index in [0.29, 0.717) is 23.5 Å². The van der Waals surface area contributed by atoms with Crippen molar-refractivity contribution in [2.75, 3.05) is 0 Å². The highest BCUT2D eigenvalue weighted by Crippen LogP contribution is 2.36. The van der Waals surface area contributed by atoms with Gasteiger partial charge in [0.25, 0.3) is 0 Å². The summed E-state index contributed by atoms with van der Waals surface area (Å²) in [6.45, 7) is 4.42. The lowest BCUT2D eigenvalue weighted by molar-refractivity contribution is -0.191. The Bertz CT molecular complexity index is 3420. The Morgan fingerprint density at radius 1 is 0.676 bits per heavy atom. The molecule has 6 aromatic carbocycles. The van der Waals surface area contributed by atoms with Gasteiger partial charge in [0.2, 0.25) is 15.8 Å². The van der Waals surface area contributed by atoms with Crippen molar-refractivity contribution in [3.8, 4) is 22.6 Å². The van der Waals surface area contributed by atoms with E-state index in [0.717, 1.165) is 51.9 Å². The Morgan fingerprint density at radius 3 is 1.72 bits per heavy atom. The van der Waals surface area contributed by atoms with Gasteiger partial charge in [-0.2, -0.15) is 35.1 Å². The topological polar surface area (TPSA) is 225 Å². The van der Waals surface area contributed by atoms with Crippen LogP contribution in [0.1, 0.15) is 43.5 Å². The molecule has 0 spiro atoms. The average Bonchev–Trinajstić information content (AvgIpc) is 3.95. The molecule has 14 nitrogen and oxygen atoms in total. The molecule has 0 saturated heterocycles. The van der Waals surface area contributed by atoms with Gasteiger partial charge in [0, 0.05) is 19.5 Å². The van der Waals surface area contributed by atoms with Gasteiger partial charge in [0.1, 0.15) is 28.3 Å². The molecular formula is C46H39BBrF10N6O8S2-. The standard InChI is InChI=1S/C21H14F5N3O3S.C10H15BNO4S.C8H6BrFN2.C7H4F4O/c22-20(23,24)13-6-8-14(9-7-13)32-21(25,26)19-28-16-10-5-12(11-17(16)29-19)15-3-1-2-4-18(15)33(27,30)31;1-10(2,3)12-17(15,16)9-7-5-4-6-8(9)11(13)14;9-5-1-2-6-7(3-5)12-8(4-10)11-6;8-7(9,10)5-1-3-6(12-11)4-2-5/h1-11H,(H,28,29)(H2,27,30,31);4-7,13-14H,1-3H3;1-3H,4H2,(H,11,12);1-4H/q;-1;;. The number of benzene rings is 6. The Kier molecular flexibility index (Phi) is 18.4. The van der Waals surface area contributed by atoms with Crippen LogP contribution < -0.4 is 20.3 Å². The van der Waals surface area contributed by atoms with E-state index in [1.54, 1.807) is 26.8 Å². The number of rotatable bonds is 10. The van der Waals surface area contributed by atoms with Gasteiger partial charge in [-0.05, 0) is 102 Å². The van der Waals surface area contributed by atoms with Crippen LogP contribution in [0.3, 0.4) is 0 Å². The fraction of sp³-hybridized carbons (Fsp3) is 0.174. The van der Waals surface area contributed by atoms with Crippen molar-refractivity contribution in [2.24, 2.45) is 5.14 Å². The first kappa shape index (κ1) is 58.3. The minimum absolute atomic E-state index is 0.0690. The van der Waals surface area contributed by atoms with E-state index in [1.807, 2.05) is 18.2 Å². The van der Waals surface area contributed by atoms with Crippen LogP contribution in [0.4, 0.5) is 44.0 Å². The van der Waals surface area contributed by atoms with Gasteiger partial charge >= 0.3 is 25.6 Å². The molecule has 0 atom stereocenters. The lowest BCUT2D eigenvalue weighted by atomic mass is 9.80. The third kappa shape index (κ3) is 16.0. The summed E-state index contributed by atoms with van der Waals surface area (Å²) in [6.07, 6.45) is -13.0. The van der Waals surface area contributed by atoms with Gasteiger partial charge in [-0.25, -0.2) is 36.3 Å². The van der Waals surface area contributed by atoms with Crippen molar-refractivity contribution < 1.29 is 80.6 Å². The maximum Gasteiger partial charge on any atom is 0.489 e. The maximum atomic E-state index is 14.6. The van der Waals surface area contributed by atoms with Gasteiger partial charge < -0.3 is 29.5 Å². The molecule has 28 heteroatoms. The molecule has 0 radical (unpaired) electrons. The van der Waals surface area contributed by atoms with Crippen LogP contribution >= 0.6 is 15.9 Å². The van der Waals surface area contributed by atoms with Crippen molar-refractivity contribution in [2.45, 2.75) is 61.2 Å². The predicted molar refractivity (Wildman–Crippen MR) is 257 cm³/mol. The number of sulfonamides is 2. The Balaban J connectivity index is 0.000000205. The summed E-state index contributed by atoms with van der Waals surface area (Å²) in [5, 5.41) is 23.5. The number of nitrogens with two attached hydrogens (primary N) is 1. The molecule has 0 aliphatic heterocycles. The fourth-order valence-electron chi connectivity index (χ4n) is 6.31. The summed E-state index contributed by atoms with van der Waals surface area (Å²) in [6, 6.07) is 27.6. The van der Waals surface area contributed by atoms with Crippen LogP contribution in [0, 0.1) is 0 Å². The van der Waals surface area contributed by atoms with E-state index >= 15 is 0 Å². The average molecular weight is 1150 g/mol. The largest absolute Gasteiger partial charge is 0.540 e. The van der Waals surface area contributed by atoms with Crippen molar-refractivity contribution in [3.63, 3.8) is 0 Å². The van der Waals surface area contributed by atoms with Crippen molar-refractivity contribution in [1.82, 2.24) is 19.9 Å². The van der Waals surface area contributed by atoms with Crippen molar-refractivity contribution in [3.05, 3.63) is 165 Å². The minimum Gasteiger partial charge on any atom is -0.540 e. The number of ether oxygens (including phenoxy) is 1. The number of nitrogens with one attached hydrogen (secondary N) is 2. The minimum atomic E-state index is -4.61. The summed E-state index contributed by atoms with van der Waals surface area (Å²) < 4.78 is 183. The highest BCUT2D eigenvalue weighted by atomic mass is 79.9. The maximum absolute atomic E-state index is 14.6. The molecule has 2 heterocycles. The lowest BCUT2D eigenvalue weighted by Crippen LogP contribution is -2.34. The number of nitrogens with zero attached hydrogens (tertiary/aromatic N) is 3. The quantitative estimate of drug-likeness (QED) is 0.0643. The molecular weight excluding hydrogens is 1110 g/mol. The first-order valence-corrected chi connectivity index (χ1v) is 24.6. The third-order valence-corrected chi connectivity index (χ3v) is 12.6. The zero-order valence-corrected chi connectivity index (χ0v) is 41.4. The number of primary sulfonamides is 1. The van der Waals surface area contributed by atoms with Crippen molar-refractivity contribution in [1.29, 1.82) is 0 Å². The molecule has 74 heavy (non-hydrogen) atoms. The Hall–Kier alpha value is -6.56. The van der Waals surface area contributed by atoms with Crippen LogP contribution in [0.2, 0.25) is 0 Å². The molecule has 0 saturated carbocycles. The second-order valence-corrected chi connectivity index (χ2v) is 20.2. The molecule has 2 aromatic heterocycles. The Labute approximate surface area is 423 Å². The number of fused-ring (bicyclic) bond motifs is 2. The first-order valence-electron chi connectivity index (χ1n) is 20.8. The molecule has 8 aromatic rings. The summed E-state index contributed by atoms with van der Waals surface area (Å²) in [7, 11) is -9.76. The van der Waals surface area contributed by atoms with Crippen LogP contribution in [0.5, 0.6) is 11.5 Å². The summed E-state index contributed by atoms with van der Waals surface area (Å²) in [5.41, 5.74) is -0.0623. The molecule has 8 rings (SSSR count). The van der Waals surface area contributed by atoms with E-state index in [9.17, 15) is 60.9 Å². The van der Waals surface area contributed by atoms with E-state index in [4.69, 9.17) is 15.2 Å². The number of imidazole rings is 2. The van der Waals surface area contributed by atoms with Crippen LogP contribution in [-0.2, 0) is 45.2 Å². The summed E-state index contributed by atoms with van der Waals surface area (Å²) in [4.78, 5) is 16.0. The third-order valence-electron chi connectivity index (χ3n) is 9.45. The second kappa shape index (κ2) is 23.3. The molecule has 0 amide bonds. The van der Waals surface area contributed by atoms with Gasteiger partial charge in [-0.3, -0.25) is 4.94 Å². The number of hydrogen-bond acceptors (Lipinski definition) is 10. The second-order valence-electron chi connectivity index (χ2n) is 16.2. The van der Waals surface area contributed by atoms with Gasteiger partial charge in [0.05, 0.1) is 38.1 Å². The van der Waals surface area contributed by atoms with E-state index in [-0.39, 0.29) is 37.6 Å². The number of aromatic nitrogens is 4. The van der Waals surface area contributed by atoms with E-state index < -0.39 is 80.5 Å². The van der Waals surface area contributed by atoms with Crippen LogP contribution in [0.25, 0.3) is 37.9 Å². The summed E-state index contributed by atoms with van der Waals surface area (Å²) in [5.74, 6) is -1.24. The predicted octanol–water partition coefficient (Wildman–Crippen LogP) is 11.0. The van der Waals surface area contributed by atoms with E-state index in [2.05, 4.69) is 50.3 Å². The normalized spacial score (nSPS) is 12.2. The lowest BCUT2D eigenvalue weighted by Gasteiger charge is -2.36. The zero-order valence-electron chi connectivity index (χ0n) is 38.2. The van der Waals surface area contributed by atoms with Gasteiger partial charge in [-0.1, -0.05) is 79.2 Å². The van der Waals surface area contributed by atoms with Crippen LogP contribution in [0.15, 0.2) is 148 Å². The first-order chi connectivity index (χ1) is 34.3. The van der Waals surface area contributed by atoms with Gasteiger partial charge in [0.15, 0.2) is 5.75 Å². The van der Waals surface area contributed by atoms with Crippen molar-refractivity contribution >= 4 is 70.6 Å². The molecule has 6 N–H and O–H groups in total. The number of hydrogen-bond donors (Lipinski definition) is 5. The number of halogens is 11. The van der Waals surface area contributed by atoms with Gasteiger partial charge in [-0.15, -0.1) is 5.54 Å².